The summed E-state index contributed by atoms with van der Waals surface area (Å²) in [4.78, 5) is 16.4. The molecule has 2 rings (SSSR count). The summed E-state index contributed by atoms with van der Waals surface area (Å²) in [5.74, 6) is -0.136. The molecule has 0 radical (unpaired) electrons. The second-order valence-corrected chi connectivity index (χ2v) is 5.10. The van der Waals surface area contributed by atoms with Crippen molar-refractivity contribution in [1.82, 2.24) is 4.98 Å². The van der Waals surface area contributed by atoms with E-state index in [4.69, 9.17) is 0 Å². The summed E-state index contributed by atoms with van der Waals surface area (Å²) in [6, 6.07) is 2.17. The third-order valence-corrected chi connectivity index (χ3v) is 3.57. The molecule has 1 aliphatic heterocycles. The van der Waals surface area contributed by atoms with E-state index >= 15 is 0 Å². The van der Waals surface area contributed by atoms with E-state index in [-0.39, 0.29) is 10.7 Å². The van der Waals surface area contributed by atoms with Gasteiger partial charge in [-0.15, -0.1) is 0 Å². The average molecular weight is 323 g/mol. The first-order valence-corrected chi connectivity index (χ1v) is 6.30. The number of aromatic nitrogens is 1. The molecule has 0 bridgehead atoms. The van der Waals surface area contributed by atoms with Gasteiger partial charge in [-0.2, -0.15) is 13.2 Å². The van der Waals surface area contributed by atoms with Crippen LogP contribution in [0, 0.1) is 0 Å². The molecule has 1 atom stereocenters. The lowest BCUT2D eigenvalue weighted by Gasteiger charge is -2.29. The van der Waals surface area contributed by atoms with Gasteiger partial charge in [-0.05, 0) is 25.0 Å². The van der Waals surface area contributed by atoms with E-state index < -0.39 is 11.9 Å². The maximum atomic E-state index is 12.3. The Morgan fingerprint density at radius 3 is 2.67 bits per heavy atom. The molecule has 0 saturated carbocycles. The molecule has 1 aliphatic rings. The predicted octanol–water partition coefficient (Wildman–Crippen LogP) is 2.99. The van der Waals surface area contributed by atoms with Crippen LogP contribution in [0.2, 0.25) is 0 Å². The number of nitrogens with zero attached hydrogens (tertiary/aromatic N) is 2. The Morgan fingerprint density at radius 1 is 1.39 bits per heavy atom. The number of halogens is 4. The van der Waals surface area contributed by atoms with Crippen LogP contribution in [-0.2, 0) is 11.0 Å². The number of carbonyl (C=O) groups is 1. The van der Waals surface area contributed by atoms with E-state index in [0.717, 1.165) is 25.1 Å². The summed E-state index contributed by atoms with van der Waals surface area (Å²) < 4.78 is 37.0. The molecule has 3 nitrogen and oxygen atoms in total. The van der Waals surface area contributed by atoms with Gasteiger partial charge in [-0.25, -0.2) is 4.98 Å². The average Bonchev–Trinajstić information content (AvgIpc) is 2.32. The summed E-state index contributed by atoms with van der Waals surface area (Å²) in [6.45, 7) is 0.508. The summed E-state index contributed by atoms with van der Waals surface area (Å²) in [5, 5.41) is 0. The number of alkyl halides is 4. The zero-order valence-corrected chi connectivity index (χ0v) is 10.8. The number of carbonyl (C=O) groups excluding carboxylic acids is 1. The molecule has 1 unspecified atom stereocenters. The van der Waals surface area contributed by atoms with Gasteiger partial charge in [0.05, 0.1) is 16.7 Å². The Labute approximate surface area is 110 Å². The van der Waals surface area contributed by atoms with E-state index in [2.05, 4.69) is 20.9 Å². The Kier molecular flexibility index (Phi) is 3.61. The van der Waals surface area contributed by atoms with Crippen LogP contribution in [0.3, 0.4) is 0 Å². The molecule has 2 heterocycles. The highest BCUT2D eigenvalue weighted by molar-refractivity contribution is 9.10. The van der Waals surface area contributed by atoms with Gasteiger partial charge in [0.2, 0.25) is 5.91 Å². The van der Waals surface area contributed by atoms with Crippen LogP contribution in [0.25, 0.3) is 0 Å². The fourth-order valence-electron chi connectivity index (χ4n) is 1.80. The highest BCUT2D eigenvalue weighted by Crippen LogP contribution is 2.29. The normalized spacial score (nSPS) is 21.2. The Morgan fingerprint density at radius 2 is 2.11 bits per heavy atom. The van der Waals surface area contributed by atoms with Crippen LogP contribution in [0.15, 0.2) is 18.3 Å². The SMILES string of the molecule is O=C1C(Br)CCCN1c1ccc(C(F)(F)F)nc1. The first-order valence-electron chi connectivity index (χ1n) is 5.38. The molecule has 1 aromatic heterocycles. The molecule has 0 spiro atoms. The second kappa shape index (κ2) is 4.87. The van der Waals surface area contributed by atoms with Crippen LogP contribution >= 0.6 is 15.9 Å². The highest BCUT2D eigenvalue weighted by Gasteiger charge is 2.33. The number of hydrogen-bond donors (Lipinski definition) is 0. The van der Waals surface area contributed by atoms with Crippen LogP contribution in [0.4, 0.5) is 18.9 Å². The van der Waals surface area contributed by atoms with Gasteiger partial charge >= 0.3 is 6.18 Å². The van der Waals surface area contributed by atoms with Gasteiger partial charge < -0.3 is 4.90 Å². The third-order valence-electron chi connectivity index (χ3n) is 2.72. The molecule has 1 amide bonds. The quantitative estimate of drug-likeness (QED) is 0.745. The molecule has 98 valence electrons. The zero-order chi connectivity index (χ0) is 13.3. The van der Waals surface area contributed by atoms with Gasteiger partial charge in [0.15, 0.2) is 0 Å². The van der Waals surface area contributed by atoms with E-state index in [1.54, 1.807) is 0 Å². The number of pyridine rings is 1. The summed E-state index contributed by atoms with van der Waals surface area (Å²) >= 11 is 3.25. The van der Waals surface area contributed by atoms with Gasteiger partial charge in [-0.1, -0.05) is 15.9 Å². The lowest BCUT2D eigenvalue weighted by molar-refractivity contribution is -0.141. The van der Waals surface area contributed by atoms with Crippen LogP contribution in [0.5, 0.6) is 0 Å². The molecular formula is C11H10BrF3N2O. The minimum absolute atomic E-state index is 0.136. The molecule has 1 fully saturated rings. The summed E-state index contributed by atoms with van der Waals surface area (Å²) in [5.41, 5.74) is -0.553. The number of anilines is 1. The van der Waals surface area contributed by atoms with Crippen molar-refractivity contribution in [2.75, 3.05) is 11.4 Å². The van der Waals surface area contributed by atoms with Crippen molar-refractivity contribution < 1.29 is 18.0 Å². The smallest absolute Gasteiger partial charge is 0.310 e. The van der Waals surface area contributed by atoms with Gasteiger partial charge in [-0.3, -0.25) is 4.79 Å². The van der Waals surface area contributed by atoms with Gasteiger partial charge in [0.25, 0.3) is 0 Å². The van der Waals surface area contributed by atoms with E-state index in [0.29, 0.717) is 12.2 Å². The fraction of sp³-hybridized carbons (Fsp3) is 0.455. The van der Waals surface area contributed by atoms with Gasteiger partial charge in [0, 0.05) is 6.54 Å². The first-order chi connectivity index (χ1) is 8.39. The molecule has 0 aliphatic carbocycles. The second-order valence-electron chi connectivity index (χ2n) is 4.00. The number of piperidine rings is 1. The van der Waals surface area contributed by atoms with Crippen molar-refractivity contribution >= 4 is 27.5 Å². The topological polar surface area (TPSA) is 33.2 Å². The largest absolute Gasteiger partial charge is 0.433 e. The van der Waals surface area contributed by atoms with Crippen LogP contribution in [0.1, 0.15) is 18.5 Å². The van der Waals surface area contributed by atoms with E-state index in [1.165, 1.54) is 11.0 Å². The van der Waals surface area contributed by atoms with Gasteiger partial charge in [0.1, 0.15) is 5.69 Å². The van der Waals surface area contributed by atoms with E-state index in [1.807, 2.05) is 0 Å². The summed E-state index contributed by atoms with van der Waals surface area (Å²) in [6.07, 6.45) is -1.82. The first kappa shape index (κ1) is 13.3. The molecule has 0 aromatic carbocycles. The Bertz CT molecular complexity index is 447. The number of amides is 1. The van der Waals surface area contributed by atoms with Crippen LogP contribution < -0.4 is 4.90 Å². The number of rotatable bonds is 1. The molecule has 1 saturated heterocycles. The Hall–Kier alpha value is -1.11. The minimum Gasteiger partial charge on any atom is -0.310 e. The monoisotopic (exact) mass is 322 g/mol. The zero-order valence-electron chi connectivity index (χ0n) is 9.25. The maximum absolute atomic E-state index is 12.3. The maximum Gasteiger partial charge on any atom is 0.433 e. The van der Waals surface area contributed by atoms with Crippen molar-refractivity contribution in [2.24, 2.45) is 0 Å². The molecule has 18 heavy (non-hydrogen) atoms. The number of hydrogen-bond acceptors (Lipinski definition) is 2. The summed E-state index contributed by atoms with van der Waals surface area (Å²) in [7, 11) is 0. The fourth-order valence-corrected chi connectivity index (χ4v) is 2.37. The van der Waals surface area contributed by atoms with Crippen molar-refractivity contribution in [2.45, 2.75) is 23.8 Å². The standard InChI is InChI=1S/C11H10BrF3N2O/c12-8-2-1-5-17(10(8)18)7-3-4-9(16-6-7)11(13,14)15/h3-4,6,8H,1-2,5H2. The van der Waals surface area contributed by atoms with Crippen molar-refractivity contribution in [3.8, 4) is 0 Å². The lowest BCUT2D eigenvalue weighted by Crippen LogP contribution is -2.41. The lowest BCUT2D eigenvalue weighted by atomic mass is 10.1. The molecule has 7 heteroatoms. The van der Waals surface area contributed by atoms with Crippen molar-refractivity contribution in [3.05, 3.63) is 24.0 Å². The molecule has 1 aromatic rings. The molecule has 0 N–H and O–H groups in total. The molecular weight excluding hydrogens is 313 g/mol. The van der Waals surface area contributed by atoms with Crippen molar-refractivity contribution in [1.29, 1.82) is 0 Å². The Balaban J connectivity index is 2.22. The van der Waals surface area contributed by atoms with Crippen molar-refractivity contribution in [3.63, 3.8) is 0 Å². The third kappa shape index (κ3) is 2.66. The predicted molar refractivity (Wildman–Crippen MR) is 63.5 cm³/mol. The van der Waals surface area contributed by atoms with E-state index in [9.17, 15) is 18.0 Å². The highest BCUT2D eigenvalue weighted by atomic mass is 79.9. The minimum atomic E-state index is -4.46. The van der Waals surface area contributed by atoms with Crippen LogP contribution in [-0.4, -0.2) is 22.3 Å².